The number of hydrogen-bond acceptors (Lipinski definition) is 5. The van der Waals surface area contributed by atoms with Crippen molar-refractivity contribution in [1.29, 1.82) is 0 Å². The minimum atomic E-state index is -1.10. The van der Waals surface area contributed by atoms with Gasteiger partial charge in [0, 0.05) is 12.1 Å². The molecule has 0 radical (unpaired) electrons. The number of hydrogen-bond donors (Lipinski definition) is 2. The summed E-state index contributed by atoms with van der Waals surface area (Å²) >= 11 is 0.988. The maximum Gasteiger partial charge on any atom is 0.215 e. The molecule has 0 bridgehead atoms. The predicted octanol–water partition coefficient (Wildman–Crippen LogP) is 1.28. The Hall–Kier alpha value is -0.890. The van der Waals surface area contributed by atoms with Gasteiger partial charge in [-0.05, 0) is 6.92 Å². The Morgan fingerprint density at radius 2 is 1.95 bits per heavy atom. The van der Waals surface area contributed by atoms with Crippen molar-refractivity contribution in [3.8, 4) is 5.75 Å². The average Bonchev–Trinajstić information content (AvgIpc) is 2.34. The van der Waals surface area contributed by atoms with Crippen LogP contribution in [0.3, 0.4) is 0 Å². The molecule has 4 nitrogen and oxygen atoms in total. The van der Waals surface area contributed by atoms with E-state index in [0.29, 0.717) is 0 Å². The highest BCUT2D eigenvalue weighted by Crippen LogP contribution is 2.45. The molecule has 2 aliphatic heterocycles. The minimum absolute atomic E-state index is 0.0551. The molecule has 0 aromatic heterocycles. The summed E-state index contributed by atoms with van der Waals surface area (Å²) in [6.45, 7) is 1.60. The molecule has 1 aromatic carbocycles. The molecule has 2 aliphatic rings. The first-order valence-electron chi connectivity index (χ1n) is 5.81. The van der Waals surface area contributed by atoms with Gasteiger partial charge in [-0.2, -0.15) is 0 Å². The van der Waals surface area contributed by atoms with Gasteiger partial charge in [0.05, 0.1) is 11.0 Å². The summed E-state index contributed by atoms with van der Waals surface area (Å²) in [5.74, 6) is -1.43. The number of halogens is 2. The van der Waals surface area contributed by atoms with Crippen LogP contribution in [0.25, 0.3) is 0 Å². The zero-order chi connectivity index (χ0) is 13.7. The van der Waals surface area contributed by atoms with Gasteiger partial charge >= 0.3 is 0 Å². The Balaban J connectivity index is 1.97. The van der Waals surface area contributed by atoms with Crippen LogP contribution in [0.15, 0.2) is 17.0 Å². The molecule has 0 amide bonds. The Bertz CT molecular complexity index is 513. The highest BCUT2D eigenvalue weighted by Gasteiger charge is 2.47. The number of aliphatic hydroxyl groups is 2. The van der Waals surface area contributed by atoms with E-state index < -0.39 is 41.5 Å². The van der Waals surface area contributed by atoms with E-state index >= 15 is 0 Å². The largest absolute Gasteiger partial charge is 0.462 e. The minimum Gasteiger partial charge on any atom is -0.462 e. The number of aliphatic hydroxyl groups excluding tert-OH is 2. The van der Waals surface area contributed by atoms with Gasteiger partial charge in [-0.3, -0.25) is 0 Å². The van der Waals surface area contributed by atoms with Crippen LogP contribution in [-0.4, -0.2) is 40.1 Å². The molecule has 5 atom stereocenters. The van der Waals surface area contributed by atoms with Crippen molar-refractivity contribution in [1.82, 2.24) is 0 Å². The second-order valence-electron chi connectivity index (χ2n) is 4.61. The summed E-state index contributed by atoms with van der Waals surface area (Å²) in [5.41, 5.74) is 0. The molecular formula is C12H12F2O4S. The van der Waals surface area contributed by atoms with Gasteiger partial charge in [0.25, 0.3) is 0 Å². The lowest BCUT2D eigenvalue weighted by Gasteiger charge is -2.43. The summed E-state index contributed by atoms with van der Waals surface area (Å²) in [6, 6.07) is 1.83. The van der Waals surface area contributed by atoms with Crippen molar-refractivity contribution in [3.05, 3.63) is 23.8 Å². The first-order valence-corrected chi connectivity index (χ1v) is 6.69. The smallest absolute Gasteiger partial charge is 0.215 e. The Labute approximate surface area is 112 Å². The molecule has 1 saturated heterocycles. The third-order valence-corrected chi connectivity index (χ3v) is 4.66. The van der Waals surface area contributed by atoms with Crippen molar-refractivity contribution in [2.45, 2.75) is 41.7 Å². The lowest BCUT2D eigenvalue weighted by molar-refractivity contribution is -0.214. The number of rotatable bonds is 0. The molecule has 1 aromatic rings. The molecule has 0 saturated carbocycles. The van der Waals surface area contributed by atoms with Crippen molar-refractivity contribution in [2.75, 3.05) is 0 Å². The fourth-order valence-electron chi connectivity index (χ4n) is 2.22. The molecule has 19 heavy (non-hydrogen) atoms. The van der Waals surface area contributed by atoms with Crippen LogP contribution in [0.2, 0.25) is 0 Å². The fraction of sp³-hybridized carbons (Fsp3) is 0.500. The van der Waals surface area contributed by atoms with Gasteiger partial charge in [0.15, 0.2) is 0 Å². The Morgan fingerprint density at radius 1 is 1.21 bits per heavy atom. The number of ether oxygens (including phenoxy) is 2. The second-order valence-corrected chi connectivity index (χ2v) is 5.79. The summed E-state index contributed by atoms with van der Waals surface area (Å²) in [4.78, 5) is 0.118. The van der Waals surface area contributed by atoms with E-state index in [1.165, 1.54) is 0 Å². The van der Waals surface area contributed by atoms with E-state index in [4.69, 9.17) is 9.47 Å². The fourth-order valence-corrected chi connectivity index (χ4v) is 3.42. The Morgan fingerprint density at radius 3 is 2.68 bits per heavy atom. The molecule has 1 fully saturated rings. The average molecular weight is 290 g/mol. The van der Waals surface area contributed by atoms with Crippen molar-refractivity contribution in [2.24, 2.45) is 0 Å². The lowest BCUT2D eigenvalue weighted by atomic mass is 10.0. The summed E-state index contributed by atoms with van der Waals surface area (Å²) < 4.78 is 37.6. The zero-order valence-electron chi connectivity index (χ0n) is 9.92. The topological polar surface area (TPSA) is 58.9 Å². The van der Waals surface area contributed by atoms with Crippen molar-refractivity contribution < 1.29 is 28.5 Å². The van der Waals surface area contributed by atoms with Gasteiger partial charge in [-0.1, -0.05) is 0 Å². The van der Waals surface area contributed by atoms with E-state index in [2.05, 4.69) is 0 Å². The van der Waals surface area contributed by atoms with E-state index in [1.807, 2.05) is 0 Å². The number of benzene rings is 1. The lowest BCUT2D eigenvalue weighted by Crippen LogP contribution is -2.57. The normalized spacial score (nSPS) is 37.2. The van der Waals surface area contributed by atoms with Crippen LogP contribution in [0, 0.1) is 11.6 Å². The SMILES string of the molecule is CC1OC2Oc3cc(F)cc(F)c3SC2C(O)C1O. The first kappa shape index (κ1) is 13.1. The molecule has 0 aliphatic carbocycles. The third kappa shape index (κ3) is 2.10. The monoisotopic (exact) mass is 290 g/mol. The summed E-state index contributed by atoms with van der Waals surface area (Å²) in [5, 5.41) is 19.1. The zero-order valence-corrected chi connectivity index (χ0v) is 10.7. The maximum atomic E-state index is 13.7. The molecule has 7 heteroatoms. The van der Waals surface area contributed by atoms with Crippen LogP contribution in [-0.2, 0) is 4.74 Å². The maximum absolute atomic E-state index is 13.7. The van der Waals surface area contributed by atoms with Gasteiger partial charge in [0.2, 0.25) is 6.29 Å². The van der Waals surface area contributed by atoms with E-state index in [1.54, 1.807) is 6.92 Å². The van der Waals surface area contributed by atoms with Crippen LogP contribution >= 0.6 is 11.8 Å². The predicted molar refractivity (Wildman–Crippen MR) is 63.0 cm³/mol. The molecule has 3 rings (SSSR count). The van der Waals surface area contributed by atoms with E-state index in [0.717, 1.165) is 23.9 Å². The Kier molecular flexibility index (Phi) is 3.17. The standard InChI is InChI=1S/C12H12F2O4S/c1-4-8(15)9(16)11-12(17-4)18-7-3-5(13)2-6(14)10(7)19-11/h2-4,8-9,11-12,15-16H,1H3. The first-order chi connectivity index (χ1) is 8.97. The van der Waals surface area contributed by atoms with Crippen LogP contribution in [0.4, 0.5) is 8.78 Å². The second kappa shape index (κ2) is 4.59. The van der Waals surface area contributed by atoms with Crippen molar-refractivity contribution >= 4 is 11.8 Å². The quantitative estimate of drug-likeness (QED) is 0.754. The summed E-state index contributed by atoms with van der Waals surface area (Å²) in [7, 11) is 0. The molecule has 2 heterocycles. The van der Waals surface area contributed by atoms with Crippen molar-refractivity contribution in [3.63, 3.8) is 0 Å². The highest BCUT2D eigenvalue weighted by atomic mass is 32.2. The van der Waals surface area contributed by atoms with Gasteiger partial charge in [-0.25, -0.2) is 8.78 Å². The molecule has 2 N–H and O–H groups in total. The molecule has 104 valence electrons. The molecule has 5 unspecified atom stereocenters. The summed E-state index contributed by atoms with van der Waals surface area (Å²) in [6.07, 6.45) is -3.62. The van der Waals surface area contributed by atoms with Gasteiger partial charge < -0.3 is 19.7 Å². The number of thioether (sulfide) groups is 1. The van der Waals surface area contributed by atoms with E-state index in [-0.39, 0.29) is 10.6 Å². The van der Waals surface area contributed by atoms with Crippen LogP contribution in [0.1, 0.15) is 6.92 Å². The molecule has 0 spiro atoms. The van der Waals surface area contributed by atoms with Gasteiger partial charge in [-0.15, -0.1) is 11.8 Å². The van der Waals surface area contributed by atoms with E-state index in [9.17, 15) is 19.0 Å². The van der Waals surface area contributed by atoms with Crippen LogP contribution < -0.4 is 4.74 Å². The van der Waals surface area contributed by atoms with Crippen LogP contribution in [0.5, 0.6) is 5.75 Å². The number of fused-ring (bicyclic) bond motifs is 2. The highest BCUT2D eigenvalue weighted by molar-refractivity contribution is 8.00. The molecular weight excluding hydrogens is 278 g/mol. The van der Waals surface area contributed by atoms with Gasteiger partial charge in [0.1, 0.15) is 34.8 Å². The third-order valence-electron chi connectivity index (χ3n) is 3.26.